The van der Waals surface area contributed by atoms with E-state index in [0.717, 1.165) is 16.7 Å². The second-order valence-corrected chi connectivity index (χ2v) is 7.24. The Morgan fingerprint density at radius 3 is 2.29 bits per heavy atom. The van der Waals surface area contributed by atoms with Gasteiger partial charge in [0, 0.05) is 12.5 Å². The molecule has 0 radical (unpaired) electrons. The molecule has 2 rings (SSSR count). The highest BCUT2D eigenvalue weighted by atomic mass is 16.5. The summed E-state index contributed by atoms with van der Waals surface area (Å²) in [5.74, 6) is -0.285. The maximum Gasteiger partial charge on any atom is 0.323 e. The van der Waals surface area contributed by atoms with E-state index in [1.807, 2.05) is 81.4 Å². The van der Waals surface area contributed by atoms with Gasteiger partial charge in [0.05, 0.1) is 7.11 Å². The first-order valence-corrected chi connectivity index (χ1v) is 9.57. The van der Waals surface area contributed by atoms with Crippen LogP contribution >= 0.6 is 0 Å². The van der Waals surface area contributed by atoms with E-state index in [2.05, 4.69) is 5.32 Å². The third kappa shape index (κ3) is 6.17. The monoisotopic (exact) mass is 379 g/mol. The third-order valence-corrected chi connectivity index (χ3v) is 4.73. The average molecular weight is 380 g/mol. The number of hydrogen-bond donors (Lipinski definition) is 1. The van der Waals surface area contributed by atoms with Crippen LogP contribution in [-0.2, 0) is 14.3 Å². The Hall–Kier alpha value is -2.72. The van der Waals surface area contributed by atoms with Crippen molar-refractivity contribution in [3.8, 4) is 0 Å². The lowest BCUT2D eigenvalue weighted by molar-refractivity contribution is -0.144. The van der Waals surface area contributed by atoms with Crippen LogP contribution in [0.15, 0.2) is 60.7 Å². The molecule has 2 atom stereocenters. The summed E-state index contributed by atoms with van der Waals surface area (Å²) in [5.41, 5.74) is 3.07. The zero-order chi connectivity index (χ0) is 20.5. The lowest BCUT2D eigenvalue weighted by Gasteiger charge is -2.27. The predicted molar refractivity (Wildman–Crippen MR) is 113 cm³/mol. The van der Waals surface area contributed by atoms with Crippen LogP contribution in [0.4, 0.5) is 0 Å². The van der Waals surface area contributed by atoms with Crippen LogP contribution in [0.1, 0.15) is 43.0 Å². The minimum Gasteiger partial charge on any atom is -0.468 e. The number of aryl methyl sites for hydroxylation is 1. The Bertz CT molecular complexity index is 812. The van der Waals surface area contributed by atoms with Gasteiger partial charge in [-0.3, -0.25) is 14.9 Å². The molecule has 2 aromatic rings. The van der Waals surface area contributed by atoms with E-state index in [-0.39, 0.29) is 30.1 Å². The normalized spacial score (nSPS) is 13.5. The van der Waals surface area contributed by atoms with Crippen molar-refractivity contribution in [2.45, 2.75) is 39.3 Å². The van der Waals surface area contributed by atoms with Crippen LogP contribution in [0.3, 0.4) is 0 Å². The van der Waals surface area contributed by atoms with E-state index in [0.29, 0.717) is 0 Å². The largest absolute Gasteiger partial charge is 0.468 e. The molecular weight excluding hydrogens is 350 g/mol. The Morgan fingerprint density at radius 1 is 1.04 bits per heavy atom. The molecule has 4 nitrogen and oxygen atoms in total. The van der Waals surface area contributed by atoms with Crippen molar-refractivity contribution in [3.05, 3.63) is 77.4 Å². The van der Waals surface area contributed by atoms with Gasteiger partial charge < -0.3 is 4.74 Å². The number of allylic oxidation sites excluding steroid dienone is 1. The number of ketones is 1. The Balaban J connectivity index is 2.23. The number of rotatable bonds is 9. The zero-order valence-corrected chi connectivity index (χ0v) is 17.0. The van der Waals surface area contributed by atoms with Gasteiger partial charge in [-0.1, -0.05) is 74.5 Å². The average Bonchev–Trinajstić information content (AvgIpc) is 2.70. The number of hydrogen-bond acceptors (Lipinski definition) is 4. The molecule has 0 heterocycles. The summed E-state index contributed by atoms with van der Waals surface area (Å²) in [6.45, 7) is 5.93. The van der Waals surface area contributed by atoms with Gasteiger partial charge in [-0.15, -0.1) is 0 Å². The van der Waals surface area contributed by atoms with E-state index in [9.17, 15) is 9.59 Å². The van der Waals surface area contributed by atoms with Crippen LogP contribution in [0, 0.1) is 12.8 Å². The maximum absolute atomic E-state index is 12.7. The van der Waals surface area contributed by atoms with Gasteiger partial charge in [0.15, 0.2) is 5.78 Å². The van der Waals surface area contributed by atoms with Gasteiger partial charge in [-0.05, 0) is 35.6 Å². The Labute approximate surface area is 167 Å². The SMILES string of the molecule is COC(=O)[C@@H](NC(CC(=O)/C=C\c1ccccc1)c1ccccc1C)C(C)C. The fourth-order valence-electron chi connectivity index (χ4n) is 3.14. The van der Waals surface area contributed by atoms with Gasteiger partial charge in [0.25, 0.3) is 0 Å². The maximum atomic E-state index is 12.7. The number of carbonyl (C=O) groups is 2. The molecule has 28 heavy (non-hydrogen) atoms. The molecule has 1 unspecified atom stereocenters. The minimum absolute atomic E-state index is 0.00280. The van der Waals surface area contributed by atoms with Crippen molar-refractivity contribution in [2.75, 3.05) is 7.11 Å². The molecule has 1 N–H and O–H groups in total. The molecule has 0 saturated heterocycles. The zero-order valence-electron chi connectivity index (χ0n) is 17.0. The topological polar surface area (TPSA) is 55.4 Å². The summed E-state index contributed by atoms with van der Waals surface area (Å²) in [7, 11) is 1.38. The summed E-state index contributed by atoms with van der Waals surface area (Å²) in [4.78, 5) is 24.9. The first-order chi connectivity index (χ1) is 13.4. The van der Waals surface area contributed by atoms with E-state index < -0.39 is 6.04 Å². The number of ether oxygens (including phenoxy) is 1. The van der Waals surface area contributed by atoms with Crippen molar-refractivity contribution < 1.29 is 14.3 Å². The molecule has 0 bridgehead atoms. The summed E-state index contributed by atoms with van der Waals surface area (Å²) in [5, 5.41) is 3.36. The molecule has 0 amide bonds. The summed E-state index contributed by atoms with van der Waals surface area (Å²) < 4.78 is 4.95. The van der Waals surface area contributed by atoms with Crippen LogP contribution < -0.4 is 5.32 Å². The number of benzene rings is 2. The first kappa shape index (κ1) is 21.6. The van der Waals surface area contributed by atoms with Gasteiger partial charge in [0.2, 0.25) is 0 Å². The highest BCUT2D eigenvalue weighted by molar-refractivity contribution is 5.94. The standard InChI is InChI=1S/C24H29NO3/c1-17(2)23(24(27)28-4)25-22(21-13-9-8-10-18(21)3)16-20(26)15-14-19-11-6-5-7-12-19/h5-15,17,22-23,25H,16H2,1-4H3/b15-14-/t22?,23-/m0/s1. The quantitative estimate of drug-likeness (QED) is 0.515. The van der Waals surface area contributed by atoms with Crippen molar-refractivity contribution in [2.24, 2.45) is 5.92 Å². The smallest absolute Gasteiger partial charge is 0.323 e. The second-order valence-electron chi connectivity index (χ2n) is 7.24. The number of nitrogens with one attached hydrogen (secondary N) is 1. The van der Waals surface area contributed by atoms with Crippen molar-refractivity contribution in [1.29, 1.82) is 0 Å². The molecule has 0 aliphatic heterocycles. The van der Waals surface area contributed by atoms with Gasteiger partial charge in [-0.25, -0.2) is 0 Å². The van der Waals surface area contributed by atoms with Crippen LogP contribution in [0.25, 0.3) is 6.08 Å². The van der Waals surface area contributed by atoms with Crippen molar-refractivity contribution in [1.82, 2.24) is 5.32 Å². The van der Waals surface area contributed by atoms with Crippen molar-refractivity contribution >= 4 is 17.8 Å². The van der Waals surface area contributed by atoms with Gasteiger partial charge in [0.1, 0.15) is 6.04 Å². The summed E-state index contributed by atoms with van der Waals surface area (Å²) in [6, 6.07) is 16.9. The molecule has 0 aromatic heterocycles. The van der Waals surface area contributed by atoms with Crippen LogP contribution in [0.2, 0.25) is 0 Å². The van der Waals surface area contributed by atoms with E-state index in [1.165, 1.54) is 7.11 Å². The summed E-state index contributed by atoms with van der Waals surface area (Å²) in [6.07, 6.45) is 3.68. The minimum atomic E-state index is -0.486. The lowest BCUT2D eigenvalue weighted by atomic mass is 9.94. The fraction of sp³-hybridized carbons (Fsp3) is 0.333. The third-order valence-electron chi connectivity index (χ3n) is 4.73. The van der Waals surface area contributed by atoms with Crippen molar-refractivity contribution in [3.63, 3.8) is 0 Å². The first-order valence-electron chi connectivity index (χ1n) is 9.57. The second kappa shape index (κ2) is 10.6. The van der Waals surface area contributed by atoms with Crippen LogP contribution in [-0.4, -0.2) is 24.9 Å². The molecule has 0 saturated carbocycles. The van der Waals surface area contributed by atoms with E-state index in [1.54, 1.807) is 6.08 Å². The highest BCUT2D eigenvalue weighted by Gasteiger charge is 2.28. The van der Waals surface area contributed by atoms with E-state index >= 15 is 0 Å². The predicted octanol–water partition coefficient (Wildman–Crippen LogP) is 4.50. The molecule has 0 aliphatic rings. The highest BCUT2D eigenvalue weighted by Crippen LogP contribution is 2.23. The van der Waals surface area contributed by atoms with E-state index in [4.69, 9.17) is 4.74 Å². The molecule has 0 aliphatic carbocycles. The molecule has 148 valence electrons. The number of carbonyl (C=O) groups excluding carboxylic acids is 2. The molecular formula is C24H29NO3. The molecule has 0 fully saturated rings. The van der Waals surface area contributed by atoms with Gasteiger partial charge in [-0.2, -0.15) is 0 Å². The Kier molecular flexibility index (Phi) is 8.15. The van der Waals surface area contributed by atoms with Gasteiger partial charge >= 0.3 is 5.97 Å². The molecule has 0 spiro atoms. The fourth-order valence-corrected chi connectivity index (χ4v) is 3.14. The lowest BCUT2D eigenvalue weighted by Crippen LogP contribution is -2.44. The number of esters is 1. The molecule has 4 heteroatoms. The number of methoxy groups -OCH3 is 1. The molecule has 2 aromatic carbocycles. The summed E-state index contributed by atoms with van der Waals surface area (Å²) >= 11 is 0. The van der Waals surface area contributed by atoms with Crippen LogP contribution in [0.5, 0.6) is 0 Å². The Morgan fingerprint density at radius 2 is 1.68 bits per heavy atom.